The fourth-order valence-corrected chi connectivity index (χ4v) is 4.98. The first kappa shape index (κ1) is 22.5. The van der Waals surface area contributed by atoms with E-state index in [0.29, 0.717) is 60.5 Å². The van der Waals surface area contributed by atoms with Crippen LogP contribution in [0, 0.1) is 5.92 Å². The summed E-state index contributed by atoms with van der Waals surface area (Å²) in [6.45, 7) is 1.35. The Bertz CT molecular complexity index is 1240. The third-order valence-electron chi connectivity index (χ3n) is 6.95. The van der Waals surface area contributed by atoms with E-state index in [1.807, 2.05) is 18.2 Å². The number of nitrogens with zero attached hydrogens (tertiary/aromatic N) is 3. The topological polar surface area (TPSA) is 130 Å². The third-order valence-corrected chi connectivity index (χ3v) is 6.95. The molecule has 0 radical (unpaired) electrons. The van der Waals surface area contributed by atoms with Gasteiger partial charge in [0.15, 0.2) is 0 Å². The lowest BCUT2D eigenvalue weighted by Crippen LogP contribution is -2.48. The smallest absolute Gasteiger partial charge is 0.254 e. The summed E-state index contributed by atoms with van der Waals surface area (Å²) in [6.07, 6.45) is 0.414. The highest BCUT2D eigenvalue weighted by atomic mass is 16.3. The summed E-state index contributed by atoms with van der Waals surface area (Å²) in [5.74, 6) is 0.0522. The molecule has 2 amide bonds. The Hall–Kier alpha value is -3.27. The molecule has 2 atom stereocenters. The van der Waals surface area contributed by atoms with Crippen LogP contribution in [0.3, 0.4) is 0 Å². The SMILES string of the molecule is O=C(c1ccc2nc(CO)[nH]c2c1)N1CCc2c(cccc2C(=O)N2CCC(CO)C(O)C2)C1. The zero-order valence-corrected chi connectivity index (χ0v) is 18.8. The second-order valence-electron chi connectivity index (χ2n) is 9.04. The Labute approximate surface area is 196 Å². The van der Waals surface area contributed by atoms with E-state index in [-0.39, 0.29) is 37.5 Å². The van der Waals surface area contributed by atoms with Gasteiger partial charge < -0.3 is 30.1 Å². The molecule has 0 saturated carbocycles. The number of aromatic nitrogens is 2. The van der Waals surface area contributed by atoms with Crippen LogP contribution in [0.25, 0.3) is 11.0 Å². The largest absolute Gasteiger partial charge is 0.396 e. The van der Waals surface area contributed by atoms with Crippen LogP contribution in [0.5, 0.6) is 0 Å². The Morgan fingerprint density at radius 2 is 1.94 bits per heavy atom. The quantitative estimate of drug-likeness (QED) is 0.457. The van der Waals surface area contributed by atoms with Crippen LogP contribution in [0.4, 0.5) is 0 Å². The van der Waals surface area contributed by atoms with Gasteiger partial charge >= 0.3 is 0 Å². The number of benzene rings is 2. The van der Waals surface area contributed by atoms with Crippen molar-refractivity contribution in [3.8, 4) is 0 Å². The normalized spacial score (nSPS) is 20.4. The maximum Gasteiger partial charge on any atom is 0.254 e. The molecule has 2 aliphatic rings. The number of aromatic amines is 1. The third kappa shape index (κ3) is 4.06. The molecule has 0 spiro atoms. The van der Waals surface area contributed by atoms with Crippen molar-refractivity contribution in [1.29, 1.82) is 0 Å². The second-order valence-corrected chi connectivity index (χ2v) is 9.04. The van der Waals surface area contributed by atoms with Crippen molar-refractivity contribution in [2.24, 2.45) is 5.92 Å². The minimum atomic E-state index is -0.726. The number of aliphatic hydroxyl groups is 3. The number of carbonyl (C=O) groups excluding carboxylic acids is 2. The van der Waals surface area contributed by atoms with Crippen LogP contribution in [0.15, 0.2) is 36.4 Å². The lowest BCUT2D eigenvalue weighted by Gasteiger charge is -2.36. The van der Waals surface area contributed by atoms with Crippen molar-refractivity contribution in [2.75, 3.05) is 26.2 Å². The summed E-state index contributed by atoms with van der Waals surface area (Å²) in [7, 11) is 0. The predicted octanol–water partition coefficient (Wildman–Crippen LogP) is 1.07. The molecule has 1 saturated heterocycles. The summed E-state index contributed by atoms with van der Waals surface area (Å²) in [5.41, 5.74) is 4.45. The van der Waals surface area contributed by atoms with Gasteiger partial charge in [0.1, 0.15) is 12.4 Å². The molecular weight excluding hydrogens is 436 g/mol. The molecule has 5 rings (SSSR count). The number of H-pyrrole nitrogens is 1. The van der Waals surface area contributed by atoms with Gasteiger partial charge in [0.2, 0.25) is 0 Å². The number of piperidine rings is 1. The Morgan fingerprint density at radius 1 is 1.09 bits per heavy atom. The van der Waals surface area contributed by atoms with Gasteiger partial charge in [-0.2, -0.15) is 0 Å². The summed E-state index contributed by atoms with van der Waals surface area (Å²) < 4.78 is 0. The van der Waals surface area contributed by atoms with E-state index in [1.165, 1.54) is 0 Å². The Kier molecular flexibility index (Phi) is 6.07. The van der Waals surface area contributed by atoms with E-state index < -0.39 is 6.10 Å². The zero-order chi connectivity index (χ0) is 23.8. The van der Waals surface area contributed by atoms with Gasteiger partial charge in [0.25, 0.3) is 11.8 Å². The number of amides is 2. The number of likely N-dealkylation sites (tertiary alicyclic amines) is 1. The van der Waals surface area contributed by atoms with Gasteiger partial charge in [0, 0.05) is 49.8 Å². The van der Waals surface area contributed by atoms with Crippen LogP contribution in [-0.2, 0) is 19.6 Å². The fraction of sp³-hybridized carbons (Fsp3) is 0.400. The van der Waals surface area contributed by atoms with Crippen molar-refractivity contribution in [2.45, 2.75) is 32.1 Å². The van der Waals surface area contributed by atoms with E-state index in [0.717, 1.165) is 11.1 Å². The van der Waals surface area contributed by atoms with Crippen molar-refractivity contribution in [1.82, 2.24) is 19.8 Å². The van der Waals surface area contributed by atoms with Gasteiger partial charge in [-0.3, -0.25) is 9.59 Å². The molecule has 3 aromatic rings. The Morgan fingerprint density at radius 3 is 2.71 bits per heavy atom. The number of β-amino-alcohol motifs (C(OH)–C–C–N with tert-alkyl or cyclic N) is 1. The number of hydrogen-bond donors (Lipinski definition) is 4. The first-order chi connectivity index (χ1) is 16.5. The number of hydrogen-bond acceptors (Lipinski definition) is 6. The molecule has 34 heavy (non-hydrogen) atoms. The number of aliphatic hydroxyl groups excluding tert-OH is 3. The molecular formula is C25H28N4O5. The maximum absolute atomic E-state index is 13.2. The predicted molar refractivity (Wildman–Crippen MR) is 124 cm³/mol. The highest BCUT2D eigenvalue weighted by molar-refractivity contribution is 5.98. The van der Waals surface area contributed by atoms with Gasteiger partial charge in [0.05, 0.1) is 17.1 Å². The van der Waals surface area contributed by atoms with Crippen molar-refractivity contribution in [3.63, 3.8) is 0 Å². The number of fused-ring (bicyclic) bond motifs is 2. The lowest BCUT2D eigenvalue weighted by molar-refractivity contribution is 0.000809. The molecule has 4 N–H and O–H groups in total. The summed E-state index contributed by atoms with van der Waals surface area (Å²) in [6, 6.07) is 10.9. The van der Waals surface area contributed by atoms with Crippen molar-refractivity contribution < 1.29 is 24.9 Å². The van der Waals surface area contributed by atoms with E-state index in [2.05, 4.69) is 9.97 Å². The molecule has 3 heterocycles. The molecule has 2 unspecified atom stereocenters. The van der Waals surface area contributed by atoms with Crippen molar-refractivity contribution >= 4 is 22.8 Å². The zero-order valence-electron chi connectivity index (χ0n) is 18.8. The lowest BCUT2D eigenvalue weighted by atomic mass is 9.91. The molecule has 9 heteroatoms. The molecule has 2 aromatic carbocycles. The highest BCUT2D eigenvalue weighted by Crippen LogP contribution is 2.27. The van der Waals surface area contributed by atoms with E-state index in [4.69, 9.17) is 0 Å². The molecule has 0 aliphatic carbocycles. The monoisotopic (exact) mass is 464 g/mol. The minimum absolute atomic E-state index is 0.0797. The number of carbonyl (C=O) groups is 2. The molecule has 9 nitrogen and oxygen atoms in total. The first-order valence-corrected chi connectivity index (χ1v) is 11.6. The van der Waals surface area contributed by atoms with Crippen LogP contribution in [-0.4, -0.2) is 79.2 Å². The number of imidazole rings is 1. The van der Waals surface area contributed by atoms with Crippen LogP contribution in [0.1, 0.15) is 44.1 Å². The molecule has 1 fully saturated rings. The van der Waals surface area contributed by atoms with Gasteiger partial charge in [-0.15, -0.1) is 0 Å². The van der Waals surface area contributed by atoms with Crippen LogP contribution in [0.2, 0.25) is 0 Å². The van der Waals surface area contributed by atoms with Gasteiger partial charge in [-0.1, -0.05) is 12.1 Å². The van der Waals surface area contributed by atoms with Crippen LogP contribution < -0.4 is 0 Å². The second kappa shape index (κ2) is 9.17. The summed E-state index contributed by atoms with van der Waals surface area (Å²) >= 11 is 0. The highest BCUT2D eigenvalue weighted by Gasteiger charge is 2.32. The summed E-state index contributed by atoms with van der Waals surface area (Å²) in [5, 5.41) is 28.9. The van der Waals surface area contributed by atoms with Crippen LogP contribution >= 0.6 is 0 Å². The molecule has 2 aliphatic heterocycles. The number of nitrogens with one attached hydrogen (secondary N) is 1. The standard InChI is InChI=1S/C25H28N4O5/c30-13-17-6-8-29(12-22(17)32)25(34)19-3-1-2-16-11-28(9-7-18(16)19)24(33)15-4-5-20-21(10-15)27-23(14-31)26-20/h1-5,10,17,22,30-32H,6-9,11-14H2,(H,26,27). The average molecular weight is 465 g/mol. The number of rotatable bonds is 4. The minimum Gasteiger partial charge on any atom is -0.396 e. The first-order valence-electron chi connectivity index (χ1n) is 11.6. The molecule has 178 valence electrons. The average Bonchev–Trinajstić information content (AvgIpc) is 3.29. The molecule has 0 bridgehead atoms. The van der Waals surface area contributed by atoms with E-state index in [9.17, 15) is 24.9 Å². The summed E-state index contributed by atoms with van der Waals surface area (Å²) in [4.78, 5) is 37.2. The van der Waals surface area contributed by atoms with Gasteiger partial charge in [-0.25, -0.2) is 4.98 Å². The van der Waals surface area contributed by atoms with Crippen molar-refractivity contribution in [3.05, 3.63) is 64.5 Å². The maximum atomic E-state index is 13.2. The van der Waals surface area contributed by atoms with E-state index in [1.54, 1.807) is 28.0 Å². The van der Waals surface area contributed by atoms with Gasteiger partial charge in [-0.05, 0) is 48.2 Å². The molecule has 1 aromatic heterocycles. The Balaban J connectivity index is 1.33. The fourth-order valence-electron chi connectivity index (χ4n) is 4.98. The van der Waals surface area contributed by atoms with E-state index >= 15 is 0 Å².